The second-order valence-electron chi connectivity index (χ2n) is 34.5. The summed E-state index contributed by atoms with van der Waals surface area (Å²) in [5.74, 6) is 4.54. The van der Waals surface area contributed by atoms with Crippen LogP contribution in [0.5, 0.6) is 28.7 Å². The Hall–Kier alpha value is -8.83. The first-order valence-corrected chi connectivity index (χ1v) is 36.8. The van der Waals surface area contributed by atoms with Gasteiger partial charge in [0.2, 0.25) is 0 Å². The second kappa shape index (κ2) is 26.8. The lowest BCUT2D eigenvalue weighted by molar-refractivity contribution is -0.118. The summed E-state index contributed by atoms with van der Waals surface area (Å²) >= 11 is 0. The molecule has 0 spiro atoms. The highest BCUT2D eigenvalue weighted by Gasteiger charge is 2.45. The van der Waals surface area contributed by atoms with Crippen LogP contribution in [0, 0.1) is 13.8 Å². The fourth-order valence-electron chi connectivity index (χ4n) is 15.1. The summed E-state index contributed by atoms with van der Waals surface area (Å²) in [6.07, 6.45) is 7.38. The molecular formula is C90H111N5O6. The van der Waals surface area contributed by atoms with Crippen molar-refractivity contribution in [2.75, 3.05) is 33.0 Å². The number of ketones is 1. The van der Waals surface area contributed by atoms with E-state index < -0.39 is 21.7 Å². The third-order valence-electron chi connectivity index (χ3n) is 22.2. The van der Waals surface area contributed by atoms with Crippen molar-refractivity contribution in [1.82, 2.24) is 24.9 Å². The van der Waals surface area contributed by atoms with Crippen LogP contribution in [0.25, 0.3) is 0 Å². The van der Waals surface area contributed by atoms with Crippen LogP contribution in [-0.2, 0) is 80.2 Å². The van der Waals surface area contributed by atoms with Crippen LogP contribution in [0.15, 0.2) is 140 Å². The molecule has 0 aliphatic carbocycles. The quantitative estimate of drug-likeness (QED) is 0.116. The lowest BCUT2D eigenvalue weighted by Crippen LogP contribution is -2.37. The van der Waals surface area contributed by atoms with Crippen LogP contribution in [0.4, 0.5) is 0 Å². The predicted molar refractivity (Wildman–Crippen MR) is 412 cm³/mol. The van der Waals surface area contributed by atoms with E-state index >= 15 is 0 Å². The Labute approximate surface area is 601 Å². The van der Waals surface area contributed by atoms with Gasteiger partial charge in [0, 0.05) is 77.2 Å². The molecule has 4 aliphatic rings. The number of carbonyl (C=O) groups excluding carboxylic acids is 1. The maximum Gasteiger partial charge on any atom is 0.167 e. The number of aryl methyl sites for hydroxylation is 4. The van der Waals surface area contributed by atoms with Crippen molar-refractivity contribution in [3.63, 3.8) is 0 Å². The number of H-pyrrole nitrogens is 5. The Morgan fingerprint density at radius 1 is 0.416 bits per heavy atom. The molecule has 0 radical (unpaired) electrons. The number of ether oxygens (including phenoxy) is 5. The molecule has 101 heavy (non-hydrogen) atoms. The van der Waals surface area contributed by atoms with Crippen LogP contribution in [0.3, 0.4) is 0 Å². The van der Waals surface area contributed by atoms with Gasteiger partial charge in [-0.25, -0.2) is 0 Å². The number of carbonyl (C=O) groups is 1. The number of aromatic nitrogens is 5. The van der Waals surface area contributed by atoms with Crippen LogP contribution in [0.2, 0.25) is 0 Å². The summed E-state index contributed by atoms with van der Waals surface area (Å²) in [5.41, 5.74) is 22.1. The predicted octanol–water partition coefficient (Wildman–Crippen LogP) is 20.2. The van der Waals surface area contributed by atoms with Crippen molar-refractivity contribution in [2.45, 2.75) is 221 Å². The molecule has 10 aromatic rings. The monoisotopic (exact) mass is 1360 g/mol. The van der Waals surface area contributed by atoms with E-state index in [0.717, 1.165) is 132 Å². The summed E-state index contributed by atoms with van der Waals surface area (Å²) in [5, 5.41) is 0. The summed E-state index contributed by atoms with van der Waals surface area (Å²) in [7, 11) is 0. The molecule has 0 amide bonds. The lowest BCUT2D eigenvalue weighted by Gasteiger charge is -2.35. The average Bonchev–Trinajstić information content (AvgIpc) is 1.62. The Bertz CT molecular complexity index is 4650. The molecule has 532 valence electrons. The lowest BCUT2D eigenvalue weighted by atomic mass is 9.81. The molecule has 9 heterocycles. The molecule has 4 aliphatic heterocycles. The van der Waals surface area contributed by atoms with E-state index in [4.69, 9.17) is 23.7 Å². The third kappa shape index (κ3) is 14.2. The summed E-state index contributed by atoms with van der Waals surface area (Å²) in [6, 6.07) is 47.7. The van der Waals surface area contributed by atoms with E-state index in [1.54, 1.807) is 6.92 Å². The van der Waals surface area contributed by atoms with E-state index in [9.17, 15) is 4.79 Å². The van der Waals surface area contributed by atoms with Gasteiger partial charge in [-0.2, -0.15) is 0 Å². The van der Waals surface area contributed by atoms with E-state index in [1.807, 2.05) is 31.5 Å². The zero-order valence-corrected chi connectivity index (χ0v) is 64.3. The fraction of sp³-hybridized carbons (Fsp3) is 0.433. The fourth-order valence-corrected chi connectivity index (χ4v) is 15.1. The molecule has 11 heteroatoms. The maximum absolute atomic E-state index is 11.0. The van der Waals surface area contributed by atoms with E-state index in [0.29, 0.717) is 45.7 Å². The Morgan fingerprint density at radius 3 is 1.14 bits per heavy atom. The molecule has 4 atom stereocenters. The molecule has 5 N–H and O–H groups in total. The second-order valence-corrected chi connectivity index (χ2v) is 34.5. The van der Waals surface area contributed by atoms with Crippen molar-refractivity contribution in [2.24, 2.45) is 0 Å². The first-order valence-electron chi connectivity index (χ1n) is 36.8. The SMILES string of the molecule is CCc1cc(C(C)(C)C)cc(C)c1OCC(C)=O.CCc1cc2c3c(c1)Cc1cc(C(C)(C)C)cc4c1OCC1(C)c5ccc([nH]5)C(C)(COc5c(C)cc(C(C)(C)C)cc5C4)c4ccc([nH]4)C(C)(COc4ccc(C(C)(C)C)cc4C2)c2ccc([nH]2)C(C)(CO3)c2ccc1[nH]2.c1cc[nH]c1. The van der Waals surface area contributed by atoms with Gasteiger partial charge in [-0.1, -0.05) is 158 Å². The Morgan fingerprint density at radius 2 is 0.762 bits per heavy atom. The minimum atomic E-state index is -0.679. The molecule has 5 aromatic heterocycles. The van der Waals surface area contributed by atoms with Gasteiger partial charge in [0.15, 0.2) is 5.78 Å². The maximum atomic E-state index is 11.0. The largest absolute Gasteiger partial charge is 0.492 e. The molecule has 11 nitrogen and oxygen atoms in total. The van der Waals surface area contributed by atoms with Gasteiger partial charge in [0.05, 0.1) is 21.7 Å². The van der Waals surface area contributed by atoms with Gasteiger partial charge in [-0.3, -0.25) is 4.79 Å². The molecule has 4 unspecified atom stereocenters. The zero-order chi connectivity index (χ0) is 72.6. The Balaban J connectivity index is 0.000000357. The normalized spacial score (nSPS) is 20.1. The number of nitrogens with one attached hydrogen (secondary N) is 5. The summed E-state index contributed by atoms with van der Waals surface area (Å²) in [4.78, 5) is 30.3. The number of aromatic amines is 5. The number of fused-ring (bicyclic) bond motifs is 8. The summed E-state index contributed by atoms with van der Waals surface area (Å²) in [6.45, 7) is 48.6. The molecule has 14 bridgehead atoms. The van der Waals surface area contributed by atoms with Crippen LogP contribution in [0.1, 0.15) is 255 Å². The number of rotatable bonds is 5. The molecule has 0 fully saturated rings. The number of hydrogen-bond donors (Lipinski definition) is 5. The van der Waals surface area contributed by atoms with Gasteiger partial charge in [0.25, 0.3) is 0 Å². The molecule has 0 saturated heterocycles. The van der Waals surface area contributed by atoms with E-state index in [-0.39, 0.29) is 34.1 Å². The minimum Gasteiger partial charge on any atom is -0.492 e. The summed E-state index contributed by atoms with van der Waals surface area (Å²) < 4.78 is 36.0. The highest BCUT2D eigenvalue weighted by Crippen LogP contribution is 2.48. The Kier molecular flexibility index (Phi) is 19.1. The van der Waals surface area contributed by atoms with Gasteiger partial charge >= 0.3 is 0 Å². The van der Waals surface area contributed by atoms with Gasteiger partial charge < -0.3 is 48.6 Å². The molecule has 5 aromatic carbocycles. The van der Waals surface area contributed by atoms with Gasteiger partial charge in [-0.05, 0) is 228 Å². The van der Waals surface area contributed by atoms with Crippen molar-refractivity contribution in [1.29, 1.82) is 0 Å². The van der Waals surface area contributed by atoms with Crippen LogP contribution in [-0.4, -0.2) is 63.7 Å². The standard InChI is InChI=1S/C70H82N4O4.C16H24O2.C4H5N/c1-16-42-28-44-30-43-33-49(64(3,4)5)17-18-52(43)75-37-67(12)53-19-21-55(71-53)68(13)38-76-61-41(2)27-50(65(6,7)8)34-46(61)32-48-36-51(66(9,10)11)35-47-31-45(29-42)62(44)77-39-69(14,57-22-20-54(67)72-57)58-25-26-60(74-58)70(15,40-78-63(47)48)59-24-23-56(68)73-59;1-7-13-9-14(16(4,5)6)8-11(2)15(13)18-10-12(3)17;1-2-4-5-3-1/h17-29,33-36,71-74H,16,30-32,37-40H2,1-15H3;8-9H,7,10H2,1-6H3;1-5H. The highest BCUT2D eigenvalue weighted by molar-refractivity contribution is 5.77. The number of hydrogen-bond acceptors (Lipinski definition) is 6. The molecule has 0 saturated carbocycles. The first-order chi connectivity index (χ1) is 47.5. The molecule has 14 rings (SSSR count). The third-order valence-corrected chi connectivity index (χ3v) is 22.2. The van der Waals surface area contributed by atoms with Crippen molar-refractivity contribution in [3.05, 3.63) is 263 Å². The van der Waals surface area contributed by atoms with Crippen LogP contribution < -0.4 is 23.7 Å². The number of Topliss-reactive ketones (excluding diaryl/α,β-unsaturated/α-hetero) is 1. The van der Waals surface area contributed by atoms with E-state index in [2.05, 4.69) is 272 Å². The van der Waals surface area contributed by atoms with E-state index in [1.165, 1.54) is 33.4 Å². The van der Waals surface area contributed by atoms with Crippen molar-refractivity contribution < 1.29 is 28.5 Å². The van der Waals surface area contributed by atoms with Gasteiger partial charge in [-0.15, -0.1) is 0 Å². The van der Waals surface area contributed by atoms with Crippen LogP contribution >= 0.6 is 0 Å². The average molecular weight is 1360 g/mol. The highest BCUT2D eigenvalue weighted by atomic mass is 16.5. The molecular weight excluding hydrogens is 1250 g/mol. The smallest absolute Gasteiger partial charge is 0.167 e. The number of benzene rings is 5. The first kappa shape index (κ1) is 72.0. The van der Waals surface area contributed by atoms with Gasteiger partial charge in [0.1, 0.15) is 61.8 Å². The van der Waals surface area contributed by atoms with Crippen molar-refractivity contribution in [3.8, 4) is 28.7 Å². The minimum absolute atomic E-state index is 0.0522. The topological polar surface area (TPSA) is 142 Å². The zero-order valence-electron chi connectivity index (χ0n) is 64.3. The van der Waals surface area contributed by atoms with Crippen molar-refractivity contribution >= 4 is 5.78 Å².